The van der Waals surface area contributed by atoms with Gasteiger partial charge in [-0.2, -0.15) is 15.0 Å². The highest BCUT2D eigenvalue weighted by molar-refractivity contribution is 7.98. The van der Waals surface area contributed by atoms with Gasteiger partial charge in [-0.3, -0.25) is 9.36 Å². The Morgan fingerprint density at radius 2 is 1.87 bits per heavy atom. The van der Waals surface area contributed by atoms with Crippen molar-refractivity contribution < 1.29 is 4.39 Å². The van der Waals surface area contributed by atoms with Crippen LogP contribution in [-0.2, 0) is 12.3 Å². The minimum Gasteiger partial charge on any atom is -0.368 e. The molecule has 2 heterocycles. The molecule has 0 saturated carbocycles. The van der Waals surface area contributed by atoms with Crippen molar-refractivity contribution in [2.45, 2.75) is 17.5 Å². The van der Waals surface area contributed by atoms with Gasteiger partial charge in [0.2, 0.25) is 11.9 Å². The Kier molecular flexibility index (Phi) is 5.89. The van der Waals surface area contributed by atoms with E-state index in [2.05, 4.69) is 31.8 Å². The van der Waals surface area contributed by atoms with Crippen LogP contribution in [-0.4, -0.2) is 24.5 Å². The topological polar surface area (TPSA) is 112 Å². The van der Waals surface area contributed by atoms with E-state index in [1.165, 1.54) is 23.9 Å². The summed E-state index contributed by atoms with van der Waals surface area (Å²) < 4.78 is 14.7. The third kappa shape index (κ3) is 4.69. The standard InChI is InChI=1S/C21H18FN7OS/c1-2-11-29-18(30)15-5-3-4-6-16(15)25-21(29)31-12-17-26-19(23)28-20(27-17)24-14-9-7-13(22)8-10-14/h2-10H,1,11-12H2,(H3,23,24,26,27,28). The van der Waals surface area contributed by atoms with Gasteiger partial charge in [-0.05, 0) is 36.4 Å². The summed E-state index contributed by atoms with van der Waals surface area (Å²) in [5.74, 6) is 0.669. The number of nitrogens with one attached hydrogen (secondary N) is 1. The Balaban J connectivity index is 1.60. The summed E-state index contributed by atoms with van der Waals surface area (Å²) in [6.07, 6.45) is 1.65. The first-order chi connectivity index (χ1) is 15.0. The number of hydrogen-bond acceptors (Lipinski definition) is 8. The fourth-order valence-electron chi connectivity index (χ4n) is 2.90. The van der Waals surface area contributed by atoms with Crippen LogP contribution in [0.1, 0.15) is 5.82 Å². The van der Waals surface area contributed by atoms with Crippen molar-refractivity contribution in [2.24, 2.45) is 0 Å². The normalized spacial score (nSPS) is 10.9. The Morgan fingerprint density at radius 3 is 2.65 bits per heavy atom. The lowest BCUT2D eigenvalue weighted by Crippen LogP contribution is -2.22. The molecular formula is C21H18FN7OS. The summed E-state index contributed by atoms with van der Waals surface area (Å²) in [4.78, 5) is 30.1. The van der Waals surface area contributed by atoms with Gasteiger partial charge in [-0.1, -0.05) is 30.0 Å². The second-order valence-electron chi connectivity index (χ2n) is 6.47. The van der Waals surface area contributed by atoms with Crippen LogP contribution in [0, 0.1) is 5.82 Å². The van der Waals surface area contributed by atoms with E-state index in [9.17, 15) is 9.18 Å². The molecule has 156 valence electrons. The largest absolute Gasteiger partial charge is 0.368 e. The Bertz CT molecular complexity index is 1310. The SMILES string of the molecule is C=CCn1c(SCc2nc(N)nc(Nc3ccc(F)cc3)n2)nc2ccccc2c1=O. The number of fused-ring (bicyclic) bond motifs is 1. The average Bonchev–Trinajstić information content (AvgIpc) is 2.76. The summed E-state index contributed by atoms with van der Waals surface area (Å²) in [6, 6.07) is 13.0. The van der Waals surface area contributed by atoms with Gasteiger partial charge in [0.15, 0.2) is 5.16 Å². The van der Waals surface area contributed by atoms with Gasteiger partial charge in [0.05, 0.1) is 16.7 Å². The smallest absolute Gasteiger partial charge is 0.262 e. The number of hydrogen-bond donors (Lipinski definition) is 2. The summed E-state index contributed by atoms with van der Waals surface area (Å²) in [6.45, 7) is 4.06. The number of anilines is 3. The quantitative estimate of drug-likeness (QED) is 0.258. The minimum atomic E-state index is -0.341. The number of nitrogens with two attached hydrogens (primary N) is 1. The van der Waals surface area contributed by atoms with E-state index in [1.807, 2.05) is 6.07 Å². The third-order valence-corrected chi connectivity index (χ3v) is 5.24. The molecule has 0 amide bonds. The van der Waals surface area contributed by atoms with Gasteiger partial charge in [-0.25, -0.2) is 9.37 Å². The zero-order valence-corrected chi connectivity index (χ0v) is 17.1. The number of aromatic nitrogens is 5. The molecule has 0 fully saturated rings. The van der Waals surface area contributed by atoms with Gasteiger partial charge < -0.3 is 11.1 Å². The van der Waals surface area contributed by atoms with Gasteiger partial charge in [0.25, 0.3) is 5.56 Å². The number of nitrogen functional groups attached to an aromatic ring is 1. The molecule has 4 rings (SSSR count). The van der Waals surface area contributed by atoms with E-state index in [0.29, 0.717) is 39.9 Å². The number of thioether (sulfide) groups is 1. The Labute approximate surface area is 181 Å². The number of benzene rings is 2. The van der Waals surface area contributed by atoms with Crippen molar-refractivity contribution in [1.82, 2.24) is 24.5 Å². The molecule has 8 nitrogen and oxygen atoms in total. The van der Waals surface area contributed by atoms with Gasteiger partial charge >= 0.3 is 0 Å². The highest BCUT2D eigenvalue weighted by atomic mass is 32.2. The predicted octanol–water partition coefficient (Wildman–Crippen LogP) is 3.52. The number of nitrogens with zero attached hydrogens (tertiary/aromatic N) is 5. The van der Waals surface area contributed by atoms with Crippen molar-refractivity contribution in [3.63, 3.8) is 0 Å². The van der Waals surface area contributed by atoms with Gasteiger partial charge in [0, 0.05) is 12.2 Å². The van der Waals surface area contributed by atoms with E-state index >= 15 is 0 Å². The maximum Gasteiger partial charge on any atom is 0.262 e. The Hall–Kier alpha value is -3.79. The molecule has 0 aliphatic heterocycles. The lowest BCUT2D eigenvalue weighted by Gasteiger charge is -2.11. The zero-order chi connectivity index (χ0) is 21.8. The first kappa shape index (κ1) is 20.5. The van der Waals surface area contributed by atoms with Crippen LogP contribution in [0.15, 0.2) is 71.1 Å². The fourth-order valence-corrected chi connectivity index (χ4v) is 3.76. The molecule has 31 heavy (non-hydrogen) atoms. The van der Waals surface area contributed by atoms with E-state index in [0.717, 1.165) is 0 Å². The van der Waals surface area contributed by atoms with Crippen LogP contribution in [0.2, 0.25) is 0 Å². The first-order valence-corrected chi connectivity index (χ1v) is 10.3. The number of halogens is 1. The second kappa shape index (κ2) is 8.92. The van der Waals surface area contributed by atoms with Gasteiger partial charge in [0.1, 0.15) is 11.6 Å². The third-order valence-electron chi connectivity index (χ3n) is 4.27. The molecule has 0 spiro atoms. The maximum absolute atomic E-state index is 13.1. The van der Waals surface area contributed by atoms with Crippen LogP contribution < -0.4 is 16.6 Å². The first-order valence-electron chi connectivity index (χ1n) is 9.30. The van der Waals surface area contributed by atoms with Gasteiger partial charge in [-0.15, -0.1) is 6.58 Å². The molecule has 10 heteroatoms. The molecule has 2 aromatic carbocycles. The van der Waals surface area contributed by atoms with Crippen molar-refractivity contribution in [3.05, 3.63) is 83.2 Å². The molecule has 0 aliphatic rings. The highest BCUT2D eigenvalue weighted by Crippen LogP contribution is 2.22. The monoisotopic (exact) mass is 435 g/mol. The van der Waals surface area contributed by atoms with Crippen molar-refractivity contribution in [3.8, 4) is 0 Å². The molecule has 0 bridgehead atoms. The lowest BCUT2D eigenvalue weighted by molar-refractivity contribution is 0.628. The molecule has 3 N–H and O–H groups in total. The summed E-state index contributed by atoms with van der Waals surface area (Å²) >= 11 is 1.31. The van der Waals surface area contributed by atoms with Crippen LogP contribution in [0.5, 0.6) is 0 Å². The highest BCUT2D eigenvalue weighted by Gasteiger charge is 2.13. The second-order valence-corrected chi connectivity index (χ2v) is 7.41. The molecule has 4 aromatic rings. The van der Waals surface area contributed by atoms with Crippen LogP contribution in [0.3, 0.4) is 0 Å². The molecule has 0 aliphatic carbocycles. The van der Waals surface area contributed by atoms with E-state index in [1.54, 1.807) is 41.0 Å². The molecule has 0 saturated heterocycles. The number of allylic oxidation sites excluding steroid dienone is 1. The van der Waals surface area contributed by atoms with Crippen molar-refractivity contribution >= 4 is 40.2 Å². The predicted molar refractivity (Wildman–Crippen MR) is 120 cm³/mol. The molecule has 2 aromatic heterocycles. The van der Waals surface area contributed by atoms with Crippen LogP contribution in [0.4, 0.5) is 22.0 Å². The summed E-state index contributed by atoms with van der Waals surface area (Å²) in [5.41, 5.74) is 6.92. The zero-order valence-electron chi connectivity index (χ0n) is 16.3. The molecular weight excluding hydrogens is 417 g/mol. The van der Waals surface area contributed by atoms with E-state index in [-0.39, 0.29) is 23.3 Å². The number of rotatable bonds is 7. The Morgan fingerprint density at radius 1 is 1.10 bits per heavy atom. The summed E-state index contributed by atoms with van der Waals surface area (Å²) in [7, 11) is 0. The molecule has 0 unspecified atom stereocenters. The van der Waals surface area contributed by atoms with Crippen molar-refractivity contribution in [2.75, 3.05) is 11.1 Å². The lowest BCUT2D eigenvalue weighted by atomic mass is 10.2. The summed E-state index contributed by atoms with van der Waals surface area (Å²) in [5, 5.41) is 4.04. The average molecular weight is 435 g/mol. The fraction of sp³-hybridized carbons (Fsp3) is 0.0952. The van der Waals surface area contributed by atoms with E-state index < -0.39 is 0 Å². The van der Waals surface area contributed by atoms with E-state index in [4.69, 9.17) is 5.73 Å². The van der Waals surface area contributed by atoms with Crippen molar-refractivity contribution in [1.29, 1.82) is 0 Å². The minimum absolute atomic E-state index is 0.0464. The maximum atomic E-state index is 13.1. The number of para-hydroxylation sites is 1. The molecule has 0 radical (unpaired) electrons. The van der Waals surface area contributed by atoms with Crippen LogP contribution in [0.25, 0.3) is 10.9 Å². The van der Waals surface area contributed by atoms with Crippen LogP contribution >= 0.6 is 11.8 Å². The molecule has 0 atom stereocenters.